The van der Waals surface area contributed by atoms with Crippen LogP contribution >= 0.6 is 27.7 Å². The van der Waals surface area contributed by atoms with Crippen LogP contribution in [0.3, 0.4) is 0 Å². The molecule has 112 valence electrons. The molecule has 0 bridgehead atoms. The Balaban J connectivity index is 1.67. The van der Waals surface area contributed by atoms with Crippen LogP contribution in [0.25, 0.3) is 10.9 Å². The van der Waals surface area contributed by atoms with E-state index in [0.29, 0.717) is 6.04 Å². The molecule has 3 rings (SSSR count). The molecule has 1 heterocycles. The zero-order chi connectivity index (χ0) is 14.7. The topological polar surface area (TPSA) is 24.9 Å². The Hall–Kier alpha value is -0.580. The van der Waals surface area contributed by atoms with E-state index in [1.807, 2.05) is 24.0 Å². The van der Waals surface area contributed by atoms with Crippen molar-refractivity contribution in [2.24, 2.45) is 0 Å². The molecule has 0 atom stereocenters. The van der Waals surface area contributed by atoms with Crippen LogP contribution < -0.4 is 5.32 Å². The lowest BCUT2D eigenvalue weighted by molar-refractivity contribution is 0.379. The van der Waals surface area contributed by atoms with Crippen LogP contribution in [-0.4, -0.2) is 22.5 Å². The Morgan fingerprint density at radius 1 is 1.24 bits per heavy atom. The summed E-state index contributed by atoms with van der Waals surface area (Å²) in [6.07, 6.45) is 9.40. The minimum absolute atomic E-state index is 0.663. The normalized spacial score (nSPS) is 22.6. The molecule has 0 unspecified atom stereocenters. The van der Waals surface area contributed by atoms with Gasteiger partial charge in [-0.1, -0.05) is 28.1 Å². The third kappa shape index (κ3) is 3.61. The second kappa shape index (κ2) is 7.12. The minimum atomic E-state index is 0.663. The van der Waals surface area contributed by atoms with Crippen LogP contribution in [0.2, 0.25) is 0 Å². The maximum Gasteiger partial charge on any atom is 0.0758 e. The fourth-order valence-electron chi connectivity index (χ4n) is 3.10. The van der Waals surface area contributed by atoms with Crippen LogP contribution in [0.4, 0.5) is 0 Å². The van der Waals surface area contributed by atoms with Gasteiger partial charge in [-0.15, -0.1) is 0 Å². The highest BCUT2D eigenvalue weighted by molar-refractivity contribution is 9.10. The predicted molar refractivity (Wildman–Crippen MR) is 95.8 cm³/mol. The first-order chi connectivity index (χ1) is 10.3. The van der Waals surface area contributed by atoms with E-state index in [4.69, 9.17) is 0 Å². The van der Waals surface area contributed by atoms with Crippen molar-refractivity contribution in [2.75, 3.05) is 6.26 Å². The number of hydrogen-bond donors (Lipinski definition) is 1. The number of hydrogen-bond acceptors (Lipinski definition) is 3. The van der Waals surface area contributed by atoms with E-state index in [-0.39, 0.29) is 0 Å². The Morgan fingerprint density at radius 2 is 2.05 bits per heavy atom. The predicted octanol–water partition coefficient (Wildman–Crippen LogP) is 4.76. The van der Waals surface area contributed by atoms with Gasteiger partial charge < -0.3 is 5.32 Å². The molecule has 1 saturated carbocycles. The van der Waals surface area contributed by atoms with Gasteiger partial charge in [-0.05, 0) is 49.6 Å². The van der Waals surface area contributed by atoms with Crippen molar-refractivity contribution >= 4 is 38.6 Å². The second-order valence-electron chi connectivity index (χ2n) is 5.70. The Morgan fingerprint density at radius 3 is 2.81 bits per heavy atom. The van der Waals surface area contributed by atoms with Crippen LogP contribution in [0.5, 0.6) is 0 Å². The number of rotatable bonds is 4. The number of aromatic nitrogens is 1. The van der Waals surface area contributed by atoms with Crippen molar-refractivity contribution in [3.05, 3.63) is 40.5 Å². The van der Waals surface area contributed by atoms with Crippen molar-refractivity contribution in [3.63, 3.8) is 0 Å². The van der Waals surface area contributed by atoms with Gasteiger partial charge in [-0.25, -0.2) is 0 Å². The molecule has 0 saturated heterocycles. The van der Waals surface area contributed by atoms with E-state index in [9.17, 15) is 0 Å². The number of thioether (sulfide) groups is 1. The molecule has 1 N–H and O–H groups in total. The third-order valence-electron chi connectivity index (χ3n) is 4.39. The number of benzene rings is 1. The monoisotopic (exact) mass is 364 g/mol. The average Bonchev–Trinajstić information content (AvgIpc) is 2.55. The molecule has 2 aromatic rings. The van der Waals surface area contributed by atoms with Gasteiger partial charge in [0.25, 0.3) is 0 Å². The lowest BCUT2D eigenvalue weighted by atomic mass is 9.94. The SMILES string of the molecule is CSC1CCC(NCc2ccc(Br)c3cccnc23)CC1. The zero-order valence-corrected chi connectivity index (χ0v) is 14.7. The summed E-state index contributed by atoms with van der Waals surface area (Å²) in [6, 6.07) is 9.09. The second-order valence-corrected chi connectivity index (χ2v) is 7.69. The summed E-state index contributed by atoms with van der Waals surface area (Å²) in [5.41, 5.74) is 2.40. The molecule has 0 amide bonds. The molecule has 1 aromatic carbocycles. The minimum Gasteiger partial charge on any atom is -0.310 e. The highest BCUT2D eigenvalue weighted by Crippen LogP contribution is 2.28. The maximum absolute atomic E-state index is 4.56. The summed E-state index contributed by atoms with van der Waals surface area (Å²) in [4.78, 5) is 4.56. The first-order valence-electron chi connectivity index (χ1n) is 7.56. The van der Waals surface area contributed by atoms with Crippen LogP contribution in [0, 0.1) is 0 Å². The van der Waals surface area contributed by atoms with E-state index in [0.717, 1.165) is 21.8 Å². The molecule has 0 radical (unpaired) electrons. The maximum atomic E-state index is 4.56. The van der Waals surface area contributed by atoms with Crippen molar-refractivity contribution in [2.45, 2.75) is 43.5 Å². The summed E-state index contributed by atoms with van der Waals surface area (Å²) in [6.45, 7) is 0.912. The fourth-order valence-corrected chi connectivity index (χ4v) is 4.29. The van der Waals surface area contributed by atoms with Gasteiger partial charge in [-0.2, -0.15) is 11.8 Å². The van der Waals surface area contributed by atoms with Crippen molar-refractivity contribution in [3.8, 4) is 0 Å². The van der Waals surface area contributed by atoms with E-state index < -0.39 is 0 Å². The van der Waals surface area contributed by atoms with Crippen molar-refractivity contribution < 1.29 is 0 Å². The molecular weight excluding hydrogens is 344 g/mol. The molecule has 0 spiro atoms. The quantitative estimate of drug-likeness (QED) is 0.846. The summed E-state index contributed by atoms with van der Waals surface area (Å²) in [5, 5.41) is 5.80. The smallest absolute Gasteiger partial charge is 0.0758 e. The van der Waals surface area contributed by atoms with Gasteiger partial charge in [-0.3, -0.25) is 4.98 Å². The molecule has 4 heteroatoms. The van der Waals surface area contributed by atoms with Crippen molar-refractivity contribution in [1.82, 2.24) is 10.3 Å². The number of halogens is 1. The van der Waals surface area contributed by atoms with Crippen LogP contribution in [0.15, 0.2) is 34.9 Å². The molecule has 2 nitrogen and oxygen atoms in total. The van der Waals surface area contributed by atoms with E-state index in [1.165, 1.54) is 36.6 Å². The van der Waals surface area contributed by atoms with Gasteiger partial charge in [0.15, 0.2) is 0 Å². The fraction of sp³-hybridized carbons (Fsp3) is 0.471. The molecule has 1 aliphatic rings. The lowest BCUT2D eigenvalue weighted by Crippen LogP contribution is -2.33. The lowest BCUT2D eigenvalue weighted by Gasteiger charge is -2.28. The van der Waals surface area contributed by atoms with Crippen LogP contribution in [-0.2, 0) is 6.54 Å². The number of fused-ring (bicyclic) bond motifs is 1. The van der Waals surface area contributed by atoms with E-state index >= 15 is 0 Å². The number of nitrogens with zero attached hydrogens (tertiary/aromatic N) is 1. The van der Waals surface area contributed by atoms with Gasteiger partial charge in [0.05, 0.1) is 5.52 Å². The average molecular weight is 365 g/mol. The highest BCUT2D eigenvalue weighted by Gasteiger charge is 2.20. The van der Waals surface area contributed by atoms with Gasteiger partial charge in [0.1, 0.15) is 0 Å². The largest absolute Gasteiger partial charge is 0.310 e. The van der Waals surface area contributed by atoms with Gasteiger partial charge in [0.2, 0.25) is 0 Å². The molecular formula is C17H21BrN2S. The molecule has 1 aromatic heterocycles. The van der Waals surface area contributed by atoms with E-state index in [2.05, 4.69) is 50.7 Å². The van der Waals surface area contributed by atoms with Crippen molar-refractivity contribution in [1.29, 1.82) is 0 Å². The van der Waals surface area contributed by atoms with Crippen LogP contribution in [0.1, 0.15) is 31.2 Å². The summed E-state index contributed by atoms with van der Waals surface area (Å²) in [5.74, 6) is 0. The van der Waals surface area contributed by atoms with Gasteiger partial charge >= 0.3 is 0 Å². The standard InChI is InChI=1S/C17H21BrN2S/c1-21-14-7-5-13(6-8-14)20-11-12-4-9-16(18)15-3-2-10-19-17(12)15/h2-4,9-10,13-14,20H,5-8,11H2,1H3. The Labute approximate surface area is 139 Å². The molecule has 21 heavy (non-hydrogen) atoms. The molecule has 1 fully saturated rings. The zero-order valence-electron chi connectivity index (χ0n) is 12.3. The Bertz CT molecular complexity index is 609. The number of pyridine rings is 1. The molecule has 0 aliphatic heterocycles. The summed E-state index contributed by atoms with van der Waals surface area (Å²) in [7, 11) is 0. The summed E-state index contributed by atoms with van der Waals surface area (Å²) < 4.78 is 1.12. The summed E-state index contributed by atoms with van der Waals surface area (Å²) >= 11 is 5.63. The highest BCUT2D eigenvalue weighted by atomic mass is 79.9. The Kier molecular flexibility index (Phi) is 5.19. The first kappa shape index (κ1) is 15.3. The van der Waals surface area contributed by atoms with Gasteiger partial charge in [0, 0.05) is 33.9 Å². The first-order valence-corrected chi connectivity index (χ1v) is 9.64. The molecule has 1 aliphatic carbocycles. The number of nitrogens with one attached hydrogen (secondary N) is 1. The van der Waals surface area contributed by atoms with E-state index in [1.54, 1.807) is 0 Å². The third-order valence-corrected chi connectivity index (χ3v) is 6.22.